The van der Waals surface area contributed by atoms with Gasteiger partial charge in [-0.05, 0) is 27.2 Å². The quantitative estimate of drug-likeness (QED) is 0.909. The van der Waals surface area contributed by atoms with Crippen molar-refractivity contribution >= 4 is 11.3 Å². The van der Waals surface area contributed by atoms with Gasteiger partial charge in [0.25, 0.3) is 0 Å². The van der Waals surface area contributed by atoms with Crippen LogP contribution in [0.4, 0.5) is 0 Å². The highest BCUT2D eigenvalue weighted by molar-refractivity contribution is 7.09. The third-order valence-electron chi connectivity index (χ3n) is 3.58. The molecule has 2 heterocycles. The Morgan fingerprint density at radius 1 is 1.56 bits per heavy atom. The third-order valence-corrected chi connectivity index (χ3v) is 4.41. The first-order valence-electron chi connectivity index (χ1n) is 6.90. The smallest absolute Gasteiger partial charge is 0.0897 e. The Morgan fingerprint density at radius 2 is 2.33 bits per heavy atom. The minimum Gasteiger partial charge on any atom is -0.309 e. The van der Waals surface area contributed by atoms with Gasteiger partial charge in [0, 0.05) is 36.6 Å². The molecule has 0 radical (unpaired) electrons. The van der Waals surface area contributed by atoms with Gasteiger partial charge in [-0.1, -0.05) is 13.3 Å². The standard InChI is InChI=1S/C14H25N3S/c1-5-6-13-7-15-14(3,4)10-17(13)8-12-9-18-11(2)16-12/h9,13,15H,5-8,10H2,1-4H3. The van der Waals surface area contributed by atoms with Crippen molar-refractivity contribution < 1.29 is 0 Å². The van der Waals surface area contributed by atoms with Crippen molar-refractivity contribution in [3.63, 3.8) is 0 Å². The molecule has 0 amide bonds. The van der Waals surface area contributed by atoms with Gasteiger partial charge in [-0.25, -0.2) is 4.98 Å². The first-order valence-corrected chi connectivity index (χ1v) is 7.78. The average Bonchev–Trinajstić information content (AvgIpc) is 2.68. The van der Waals surface area contributed by atoms with E-state index >= 15 is 0 Å². The first-order chi connectivity index (χ1) is 8.50. The van der Waals surface area contributed by atoms with Gasteiger partial charge < -0.3 is 5.32 Å². The molecular formula is C14H25N3S. The first kappa shape index (κ1) is 14.0. The Kier molecular flexibility index (Phi) is 4.41. The molecule has 3 nitrogen and oxygen atoms in total. The van der Waals surface area contributed by atoms with Crippen LogP contribution in [0.25, 0.3) is 0 Å². The lowest BCUT2D eigenvalue weighted by molar-refractivity contribution is 0.0817. The molecule has 1 N–H and O–H groups in total. The van der Waals surface area contributed by atoms with Crippen molar-refractivity contribution in [1.29, 1.82) is 0 Å². The van der Waals surface area contributed by atoms with E-state index in [1.807, 2.05) is 0 Å². The molecule has 1 aliphatic heterocycles. The highest BCUT2D eigenvalue weighted by atomic mass is 32.1. The Hall–Kier alpha value is -0.450. The summed E-state index contributed by atoms with van der Waals surface area (Å²) >= 11 is 1.75. The number of aromatic nitrogens is 1. The number of nitrogens with zero attached hydrogens (tertiary/aromatic N) is 2. The maximum atomic E-state index is 4.60. The van der Waals surface area contributed by atoms with E-state index < -0.39 is 0 Å². The zero-order valence-electron chi connectivity index (χ0n) is 12.0. The van der Waals surface area contributed by atoms with E-state index in [4.69, 9.17) is 0 Å². The summed E-state index contributed by atoms with van der Waals surface area (Å²) in [4.78, 5) is 7.21. The summed E-state index contributed by atoms with van der Waals surface area (Å²) in [5.74, 6) is 0. The van der Waals surface area contributed by atoms with Crippen LogP contribution in [0.3, 0.4) is 0 Å². The second-order valence-corrected chi connectivity index (χ2v) is 7.03. The van der Waals surface area contributed by atoms with Crippen LogP contribution in [0, 0.1) is 6.92 Å². The van der Waals surface area contributed by atoms with Gasteiger partial charge in [-0.15, -0.1) is 11.3 Å². The van der Waals surface area contributed by atoms with Crippen molar-refractivity contribution in [2.45, 2.75) is 58.7 Å². The molecule has 1 aromatic rings. The Bertz CT molecular complexity index is 386. The number of hydrogen-bond acceptors (Lipinski definition) is 4. The Morgan fingerprint density at radius 3 is 2.94 bits per heavy atom. The predicted octanol–water partition coefficient (Wildman–Crippen LogP) is 2.80. The van der Waals surface area contributed by atoms with Crippen molar-refractivity contribution in [2.75, 3.05) is 13.1 Å². The summed E-state index contributed by atoms with van der Waals surface area (Å²) < 4.78 is 0. The van der Waals surface area contributed by atoms with Crippen LogP contribution in [0.5, 0.6) is 0 Å². The van der Waals surface area contributed by atoms with Crippen molar-refractivity contribution in [2.24, 2.45) is 0 Å². The topological polar surface area (TPSA) is 28.2 Å². The Labute approximate surface area is 115 Å². The van der Waals surface area contributed by atoms with E-state index in [9.17, 15) is 0 Å². The van der Waals surface area contributed by atoms with Gasteiger partial charge in [0.05, 0.1) is 10.7 Å². The third kappa shape index (κ3) is 3.53. The van der Waals surface area contributed by atoms with E-state index in [2.05, 4.69) is 48.3 Å². The van der Waals surface area contributed by atoms with Gasteiger partial charge >= 0.3 is 0 Å². The second kappa shape index (κ2) is 5.68. The monoisotopic (exact) mass is 267 g/mol. The minimum absolute atomic E-state index is 0.218. The number of hydrogen-bond donors (Lipinski definition) is 1. The molecule has 1 saturated heterocycles. The lowest BCUT2D eigenvalue weighted by atomic mass is 9.96. The molecule has 1 atom stereocenters. The maximum absolute atomic E-state index is 4.60. The van der Waals surface area contributed by atoms with Crippen LogP contribution in [-0.2, 0) is 6.54 Å². The number of rotatable bonds is 4. The van der Waals surface area contributed by atoms with Crippen LogP contribution in [0.2, 0.25) is 0 Å². The molecule has 1 aliphatic rings. The van der Waals surface area contributed by atoms with Gasteiger partial charge in [0.2, 0.25) is 0 Å². The molecule has 102 valence electrons. The van der Waals surface area contributed by atoms with Gasteiger partial charge in [-0.3, -0.25) is 4.90 Å². The van der Waals surface area contributed by atoms with Gasteiger partial charge in [-0.2, -0.15) is 0 Å². The highest BCUT2D eigenvalue weighted by Gasteiger charge is 2.32. The largest absolute Gasteiger partial charge is 0.309 e. The van der Waals surface area contributed by atoms with E-state index in [-0.39, 0.29) is 5.54 Å². The fourth-order valence-electron chi connectivity index (χ4n) is 2.71. The Balaban J connectivity index is 2.05. The van der Waals surface area contributed by atoms with Crippen molar-refractivity contribution in [3.8, 4) is 0 Å². The molecule has 0 aliphatic carbocycles. The summed E-state index contributed by atoms with van der Waals surface area (Å²) in [6, 6.07) is 0.657. The normalized spacial score (nSPS) is 24.3. The molecule has 1 aromatic heterocycles. The SMILES string of the molecule is CCCC1CNC(C)(C)CN1Cc1csc(C)n1. The summed E-state index contributed by atoms with van der Waals surface area (Å²) in [6.07, 6.45) is 2.52. The predicted molar refractivity (Wildman–Crippen MR) is 78.0 cm³/mol. The molecular weight excluding hydrogens is 242 g/mol. The highest BCUT2D eigenvalue weighted by Crippen LogP contribution is 2.21. The average molecular weight is 267 g/mol. The lowest BCUT2D eigenvalue weighted by Crippen LogP contribution is -2.61. The van der Waals surface area contributed by atoms with E-state index in [0.29, 0.717) is 6.04 Å². The number of piperazine rings is 1. The van der Waals surface area contributed by atoms with Crippen LogP contribution in [0.1, 0.15) is 44.3 Å². The molecule has 1 fully saturated rings. The summed E-state index contributed by atoms with van der Waals surface area (Å²) in [5, 5.41) is 7.03. The van der Waals surface area contributed by atoms with Crippen molar-refractivity contribution in [3.05, 3.63) is 16.1 Å². The number of nitrogens with one attached hydrogen (secondary N) is 1. The van der Waals surface area contributed by atoms with Crippen LogP contribution >= 0.6 is 11.3 Å². The molecule has 0 saturated carbocycles. The molecule has 4 heteroatoms. The molecule has 18 heavy (non-hydrogen) atoms. The zero-order valence-corrected chi connectivity index (χ0v) is 12.8. The zero-order chi connectivity index (χ0) is 13.2. The number of thiazole rings is 1. The minimum atomic E-state index is 0.218. The summed E-state index contributed by atoms with van der Waals surface area (Å²) in [5.41, 5.74) is 1.45. The van der Waals surface area contributed by atoms with Crippen LogP contribution in [0.15, 0.2) is 5.38 Å². The van der Waals surface area contributed by atoms with Gasteiger partial charge in [0.1, 0.15) is 0 Å². The van der Waals surface area contributed by atoms with Crippen molar-refractivity contribution in [1.82, 2.24) is 15.2 Å². The fourth-order valence-corrected chi connectivity index (χ4v) is 3.31. The van der Waals surface area contributed by atoms with Crippen LogP contribution < -0.4 is 5.32 Å². The van der Waals surface area contributed by atoms with Gasteiger partial charge in [0.15, 0.2) is 0 Å². The van der Waals surface area contributed by atoms with E-state index in [0.717, 1.165) is 19.6 Å². The molecule has 2 rings (SSSR count). The molecule has 0 bridgehead atoms. The number of aryl methyl sites for hydroxylation is 1. The lowest BCUT2D eigenvalue weighted by Gasteiger charge is -2.44. The molecule has 1 unspecified atom stereocenters. The second-order valence-electron chi connectivity index (χ2n) is 5.97. The van der Waals surface area contributed by atoms with E-state index in [1.165, 1.54) is 23.5 Å². The van der Waals surface area contributed by atoms with E-state index in [1.54, 1.807) is 11.3 Å². The van der Waals surface area contributed by atoms with Crippen LogP contribution in [-0.4, -0.2) is 34.6 Å². The summed E-state index contributed by atoms with van der Waals surface area (Å²) in [7, 11) is 0. The fraction of sp³-hybridized carbons (Fsp3) is 0.786. The summed E-state index contributed by atoms with van der Waals surface area (Å²) in [6.45, 7) is 12.1. The molecule has 0 aromatic carbocycles. The maximum Gasteiger partial charge on any atom is 0.0897 e. The molecule has 0 spiro atoms.